The maximum Gasteiger partial charge on any atom is 0.275 e. The second-order valence-corrected chi connectivity index (χ2v) is 6.57. The Balaban J connectivity index is 0.00000225. The second-order valence-electron chi connectivity index (χ2n) is 6.57. The van der Waals surface area contributed by atoms with Crippen molar-refractivity contribution in [3.8, 4) is 11.4 Å². The number of carbonyl (C=O) groups is 1. The van der Waals surface area contributed by atoms with Crippen molar-refractivity contribution in [1.82, 2.24) is 20.4 Å². The van der Waals surface area contributed by atoms with E-state index in [1.807, 2.05) is 24.3 Å². The topological polar surface area (TPSA) is 79.2 Å². The number of amides is 1. The van der Waals surface area contributed by atoms with E-state index in [0.29, 0.717) is 5.92 Å². The molecule has 2 aromatic rings. The van der Waals surface area contributed by atoms with E-state index >= 15 is 0 Å². The van der Waals surface area contributed by atoms with Crippen LogP contribution in [0.25, 0.3) is 5.69 Å². The smallest absolute Gasteiger partial charge is 0.275 e. The van der Waals surface area contributed by atoms with Crippen LogP contribution in [0.4, 0.5) is 0 Å². The molecule has 0 saturated carbocycles. The molecule has 7 heteroatoms. The van der Waals surface area contributed by atoms with Gasteiger partial charge in [-0.25, -0.2) is 4.68 Å². The summed E-state index contributed by atoms with van der Waals surface area (Å²) in [6, 6.07) is 8.03. The zero-order valence-corrected chi connectivity index (χ0v) is 15.3. The summed E-state index contributed by atoms with van der Waals surface area (Å²) in [6.07, 6.45) is 3.45. The fourth-order valence-electron chi connectivity index (χ4n) is 2.90. The molecule has 2 heterocycles. The summed E-state index contributed by atoms with van der Waals surface area (Å²) in [5.74, 6) is 0.0125. The average Bonchev–Trinajstić information content (AvgIpc) is 2.98. The molecule has 1 saturated heterocycles. The van der Waals surface area contributed by atoms with Crippen molar-refractivity contribution in [3.05, 3.63) is 41.7 Å². The quantitative estimate of drug-likeness (QED) is 0.779. The molecule has 136 valence electrons. The summed E-state index contributed by atoms with van der Waals surface area (Å²) in [6.45, 7) is 6.01. The third kappa shape index (κ3) is 4.52. The van der Waals surface area contributed by atoms with Crippen LogP contribution in [-0.2, 0) is 0 Å². The third-order valence-electron chi connectivity index (χ3n) is 4.37. The van der Waals surface area contributed by atoms with Crippen molar-refractivity contribution in [2.45, 2.75) is 38.6 Å². The monoisotopic (exact) mass is 364 g/mol. The molecule has 25 heavy (non-hydrogen) atoms. The largest absolute Gasteiger partial charge is 0.504 e. The number of carbonyl (C=O) groups excluding carboxylic acids is 1. The maximum atomic E-state index is 12.3. The zero-order chi connectivity index (χ0) is 17.1. The van der Waals surface area contributed by atoms with Crippen molar-refractivity contribution in [2.75, 3.05) is 13.1 Å². The minimum atomic E-state index is -0.334. The molecule has 3 N–H and O–H groups in total. The lowest BCUT2D eigenvalue weighted by Gasteiger charge is -2.23. The number of aromatic nitrogens is 2. The van der Waals surface area contributed by atoms with Gasteiger partial charge in [-0.1, -0.05) is 26.0 Å². The third-order valence-corrected chi connectivity index (χ3v) is 4.37. The van der Waals surface area contributed by atoms with Gasteiger partial charge >= 0.3 is 0 Å². The Hall–Kier alpha value is -2.05. The van der Waals surface area contributed by atoms with E-state index in [0.717, 1.165) is 31.6 Å². The summed E-state index contributed by atoms with van der Waals surface area (Å²) in [4.78, 5) is 12.3. The average molecular weight is 365 g/mol. The molecule has 1 aromatic heterocycles. The van der Waals surface area contributed by atoms with Crippen LogP contribution >= 0.6 is 12.4 Å². The van der Waals surface area contributed by atoms with Gasteiger partial charge in [0.25, 0.3) is 5.91 Å². The lowest BCUT2D eigenvalue weighted by Crippen LogP contribution is -2.45. The Labute approximate surface area is 154 Å². The van der Waals surface area contributed by atoms with E-state index in [4.69, 9.17) is 0 Å². The highest BCUT2D eigenvalue weighted by atomic mass is 35.5. The van der Waals surface area contributed by atoms with Crippen LogP contribution < -0.4 is 10.6 Å². The van der Waals surface area contributed by atoms with Gasteiger partial charge in [0.2, 0.25) is 0 Å². The Morgan fingerprint density at radius 1 is 1.36 bits per heavy atom. The van der Waals surface area contributed by atoms with Gasteiger partial charge in [-0.05, 0) is 43.0 Å². The first-order valence-electron chi connectivity index (χ1n) is 8.45. The number of halogens is 1. The van der Waals surface area contributed by atoms with Gasteiger partial charge in [-0.2, -0.15) is 5.10 Å². The van der Waals surface area contributed by atoms with E-state index < -0.39 is 0 Å². The predicted molar refractivity (Wildman–Crippen MR) is 99.9 cm³/mol. The van der Waals surface area contributed by atoms with Crippen molar-refractivity contribution in [3.63, 3.8) is 0 Å². The highest BCUT2D eigenvalue weighted by Gasteiger charge is 2.21. The summed E-state index contributed by atoms with van der Waals surface area (Å²) < 4.78 is 1.54. The first-order valence-corrected chi connectivity index (χ1v) is 8.45. The van der Waals surface area contributed by atoms with Crippen molar-refractivity contribution < 1.29 is 9.90 Å². The van der Waals surface area contributed by atoms with Crippen LogP contribution in [-0.4, -0.2) is 39.9 Å². The summed E-state index contributed by atoms with van der Waals surface area (Å²) in [5, 5.41) is 20.5. The molecule has 1 atom stereocenters. The van der Waals surface area contributed by atoms with Gasteiger partial charge < -0.3 is 15.7 Å². The van der Waals surface area contributed by atoms with E-state index in [1.54, 1.807) is 0 Å². The first kappa shape index (κ1) is 19.3. The molecule has 0 aliphatic carbocycles. The van der Waals surface area contributed by atoms with Crippen LogP contribution in [0.3, 0.4) is 0 Å². The van der Waals surface area contributed by atoms with Gasteiger partial charge in [0.15, 0.2) is 11.4 Å². The first-order chi connectivity index (χ1) is 11.5. The van der Waals surface area contributed by atoms with E-state index in [9.17, 15) is 9.90 Å². The number of hydrogen-bond acceptors (Lipinski definition) is 4. The van der Waals surface area contributed by atoms with Gasteiger partial charge in [0, 0.05) is 12.6 Å². The van der Waals surface area contributed by atoms with Crippen LogP contribution in [0, 0.1) is 0 Å². The molecule has 1 aliphatic heterocycles. The number of nitrogens with one attached hydrogen (secondary N) is 2. The summed E-state index contributed by atoms with van der Waals surface area (Å²) >= 11 is 0. The highest BCUT2D eigenvalue weighted by molar-refractivity contribution is 5.95. The van der Waals surface area contributed by atoms with Gasteiger partial charge in [0.1, 0.15) is 0 Å². The Kier molecular flexibility index (Phi) is 6.45. The van der Waals surface area contributed by atoms with Gasteiger partial charge in [-0.3, -0.25) is 4.79 Å². The number of hydrogen-bond donors (Lipinski definition) is 3. The van der Waals surface area contributed by atoms with Crippen LogP contribution in [0.1, 0.15) is 48.7 Å². The molecule has 6 nitrogen and oxygen atoms in total. The van der Waals surface area contributed by atoms with E-state index in [-0.39, 0.29) is 35.8 Å². The molecule has 1 aromatic carbocycles. The van der Waals surface area contributed by atoms with Crippen molar-refractivity contribution >= 4 is 18.3 Å². The van der Waals surface area contributed by atoms with Crippen LogP contribution in [0.15, 0.2) is 30.5 Å². The molecule has 1 aliphatic rings. The molecule has 1 fully saturated rings. The minimum Gasteiger partial charge on any atom is -0.504 e. The molecule has 0 spiro atoms. The van der Waals surface area contributed by atoms with E-state index in [1.165, 1.54) is 16.4 Å². The highest BCUT2D eigenvalue weighted by Crippen LogP contribution is 2.21. The number of piperidine rings is 1. The fourth-order valence-corrected chi connectivity index (χ4v) is 2.90. The van der Waals surface area contributed by atoms with Crippen molar-refractivity contribution in [2.24, 2.45) is 0 Å². The standard InChI is InChI=1S/C18H24N4O2.ClH/c1-12(2)13-5-7-15(8-6-13)22-11-16(23)17(21-22)18(24)20-14-4-3-9-19-10-14;/h5-8,11-12,14,19,23H,3-4,9-10H2,1-2H3,(H,20,24);1H. The molecular weight excluding hydrogens is 340 g/mol. The zero-order valence-electron chi connectivity index (χ0n) is 14.5. The molecule has 3 rings (SSSR count). The Morgan fingerprint density at radius 2 is 2.08 bits per heavy atom. The molecular formula is C18H25ClN4O2. The van der Waals surface area contributed by atoms with Gasteiger partial charge in [0.05, 0.1) is 11.9 Å². The molecule has 1 amide bonds. The summed E-state index contributed by atoms with van der Waals surface area (Å²) in [7, 11) is 0. The number of aromatic hydroxyl groups is 1. The molecule has 0 bridgehead atoms. The van der Waals surface area contributed by atoms with E-state index in [2.05, 4.69) is 29.6 Å². The maximum absolute atomic E-state index is 12.3. The van der Waals surface area contributed by atoms with Crippen molar-refractivity contribution in [1.29, 1.82) is 0 Å². The molecule has 0 radical (unpaired) electrons. The van der Waals surface area contributed by atoms with Crippen LogP contribution in [0.2, 0.25) is 0 Å². The Morgan fingerprint density at radius 3 is 2.68 bits per heavy atom. The Bertz CT molecular complexity index is 706. The molecule has 1 unspecified atom stereocenters. The number of nitrogens with zero attached hydrogens (tertiary/aromatic N) is 2. The van der Waals surface area contributed by atoms with Gasteiger partial charge in [-0.15, -0.1) is 12.4 Å². The SMILES string of the molecule is CC(C)c1ccc(-n2cc(O)c(C(=O)NC3CCCNC3)n2)cc1.Cl. The normalized spacial score (nSPS) is 17.2. The van der Waals surface area contributed by atoms with Crippen LogP contribution in [0.5, 0.6) is 5.75 Å². The number of rotatable bonds is 4. The predicted octanol–water partition coefficient (Wildman–Crippen LogP) is 2.60. The minimum absolute atomic E-state index is 0. The fraction of sp³-hybridized carbons (Fsp3) is 0.444. The second kappa shape index (κ2) is 8.36. The number of benzene rings is 1. The summed E-state index contributed by atoms with van der Waals surface area (Å²) in [5.41, 5.74) is 2.11. The lowest BCUT2D eigenvalue weighted by atomic mass is 10.0. The lowest BCUT2D eigenvalue weighted by molar-refractivity contribution is 0.0922.